The standard InChI is InChI=1S/C12H14ClN5S/c13-11-9(18-6-7-19-12(18)16-11)8-15-17-10-4-2-1-3-5-14-10/h6-8H,1-5H2,(H,14,17). The van der Waals surface area contributed by atoms with Gasteiger partial charge in [0.15, 0.2) is 10.1 Å². The van der Waals surface area contributed by atoms with Crippen molar-refractivity contribution in [3.05, 3.63) is 22.4 Å². The Morgan fingerprint density at radius 3 is 3.32 bits per heavy atom. The van der Waals surface area contributed by atoms with E-state index in [1.165, 1.54) is 19.3 Å². The van der Waals surface area contributed by atoms with Crippen LogP contribution in [0.2, 0.25) is 5.15 Å². The number of aliphatic imine (C=N–C) groups is 1. The van der Waals surface area contributed by atoms with E-state index in [1.54, 1.807) is 17.6 Å². The van der Waals surface area contributed by atoms with Crippen LogP contribution in [0.4, 0.5) is 0 Å². The Morgan fingerprint density at radius 2 is 2.37 bits per heavy atom. The highest BCUT2D eigenvalue weighted by Crippen LogP contribution is 2.19. The lowest BCUT2D eigenvalue weighted by molar-refractivity contribution is 0.729. The smallest absolute Gasteiger partial charge is 0.195 e. The molecule has 0 radical (unpaired) electrons. The fourth-order valence-corrected chi connectivity index (χ4v) is 3.02. The molecule has 0 amide bonds. The molecule has 0 spiro atoms. The van der Waals surface area contributed by atoms with Crippen LogP contribution in [0.1, 0.15) is 31.4 Å². The van der Waals surface area contributed by atoms with Gasteiger partial charge in [-0.15, -0.1) is 11.3 Å². The summed E-state index contributed by atoms with van der Waals surface area (Å²) < 4.78 is 1.92. The SMILES string of the molecule is Clc1nc2sccn2c1C=NNC1=NCCCCC1. The first-order valence-electron chi connectivity index (χ1n) is 6.28. The molecule has 5 nitrogen and oxygen atoms in total. The Balaban J connectivity index is 1.73. The van der Waals surface area contributed by atoms with Crippen LogP contribution < -0.4 is 5.43 Å². The second-order valence-corrected chi connectivity index (χ2v) is 5.58. The van der Waals surface area contributed by atoms with Gasteiger partial charge in [-0.3, -0.25) is 14.8 Å². The Hall–Kier alpha value is -1.40. The van der Waals surface area contributed by atoms with E-state index in [4.69, 9.17) is 11.6 Å². The van der Waals surface area contributed by atoms with E-state index in [9.17, 15) is 0 Å². The molecule has 0 saturated carbocycles. The summed E-state index contributed by atoms with van der Waals surface area (Å²) in [6.07, 6.45) is 8.17. The molecule has 19 heavy (non-hydrogen) atoms. The van der Waals surface area contributed by atoms with Gasteiger partial charge in [0.2, 0.25) is 0 Å². The molecule has 0 atom stereocenters. The van der Waals surface area contributed by atoms with Crippen molar-refractivity contribution in [2.75, 3.05) is 6.54 Å². The minimum atomic E-state index is 0.472. The summed E-state index contributed by atoms with van der Waals surface area (Å²) in [6.45, 7) is 0.889. The van der Waals surface area contributed by atoms with Gasteiger partial charge in [-0.1, -0.05) is 18.0 Å². The molecule has 7 heteroatoms. The van der Waals surface area contributed by atoms with E-state index in [0.717, 1.165) is 29.5 Å². The number of nitrogens with zero attached hydrogens (tertiary/aromatic N) is 4. The number of halogens is 1. The molecule has 3 heterocycles. The summed E-state index contributed by atoms with van der Waals surface area (Å²) in [5.41, 5.74) is 3.80. The highest BCUT2D eigenvalue weighted by atomic mass is 35.5. The minimum absolute atomic E-state index is 0.472. The van der Waals surface area contributed by atoms with Crippen molar-refractivity contribution in [1.82, 2.24) is 14.8 Å². The molecular weight excluding hydrogens is 282 g/mol. The molecular formula is C12H14ClN5S. The number of rotatable bonds is 2. The Morgan fingerprint density at radius 1 is 1.42 bits per heavy atom. The van der Waals surface area contributed by atoms with Crippen LogP contribution in [0.25, 0.3) is 4.96 Å². The average molecular weight is 296 g/mol. The molecule has 100 valence electrons. The first kappa shape index (κ1) is 12.6. The minimum Gasteiger partial charge on any atom is -0.288 e. The van der Waals surface area contributed by atoms with Gasteiger partial charge in [0.05, 0.1) is 6.21 Å². The Labute approximate surface area is 120 Å². The van der Waals surface area contributed by atoms with Crippen LogP contribution in [0.5, 0.6) is 0 Å². The maximum Gasteiger partial charge on any atom is 0.195 e. The molecule has 1 aliphatic heterocycles. The lowest BCUT2D eigenvalue weighted by atomic mass is 10.2. The lowest BCUT2D eigenvalue weighted by Crippen LogP contribution is -2.17. The third kappa shape index (κ3) is 2.79. The number of aromatic nitrogens is 2. The number of hydrogen-bond donors (Lipinski definition) is 1. The van der Waals surface area contributed by atoms with Crippen molar-refractivity contribution in [1.29, 1.82) is 0 Å². The monoisotopic (exact) mass is 295 g/mol. The van der Waals surface area contributed by atoms with Gasteiger partial charge in [0.25, 0.3) is 0 Å². The number of amidine groups is 1. The van der Waals surface area contributed by atoms with Crippen molar-refractivity contribution in [3.8, 4) is 0 Å². The van der Waals surface area contributed by atoms with Crippen LogP contribution in [0.15, 0.2) is 21.7 Å². The molecule has 1 N–H and O–H groups in total. The van der Waals surface area contributed by atoms with Crippen molar-refractivity contribution in [3.63, 3.8) is 0 Å². The maximum atomic E-state index is 6.08. The third-order valence-corrected chi connectivity index (χ3v) is 4.04. The highest BCUT2D eigenvalue weighted by Gasteiger charge is 2.09. The van der Waals surface area contributed by atoms with Gasteiger partial charge in [0, 0.05) is 24.5 Å². The molecule has 0 unspecified atom stereocenters. The van der Waals surface area contributed by atoms with Gasteiger partial charge < -0.3 is 0 Å². The van der Waals surface area contributed by atoms with Crippen molar-refractivity contribution in [2.24, 2.45) is 10.1 Å². The van der Waals surface area contributed by atoms with Crippen LogP contribution >= 0.6 is 22.9 Å². The second-order valence-electron chi connectivity index (χ2n) is 4.35. The van der Waals surface area contributed by atoms with Crippen molar-refractivity contribution >= 4 is 39.9 Å². The van der Waals surface area contributed by atoms with E-state index in [2.05, 4.69) is 20.5 Å². The molecule has 0 aliphatic carbocycles. The predicted octanol–water partition coefficient (Wildman–Crippen LogP) is 2.95. The zero-order chi connectivity index (χ0) is 13.1. The third-order valence-electron chi connectivity index (χ3n) is 3.01. The molecule has 0 aromatic carbocycles. The zero-order valence-corrected chi connectivity index (χ0v) is 11.9. The van der Waals surface area contributed by atoms with E-state index in [0.29, 0.717) is 5.15 Å². The molecule has 2 aromatic heterocycles. The van der Waals surface area contributed by atoms with Gasteiger partial charge in [-0.2, -0.15) is 5.10 Å². The van der Waals surface area contributed by atoms with Gasteiger partial charge in [-0.25, -0.2) is 4.98 Å². The van der Waals surface area contributed by atoms with Crippen molar-refractivity contribution in [2.45, 2.75) is 25.7 Å². The second kappa shape index (κ2) is 5.71. The van der Waals surface area contributed by atoms with E-state index in [1.807, 2.05) is 16.0 Å². The summed E-state index contributed by atoms with van der Waals surface area (Å²) in [5.74, 6) is 0.955. The molecule has 3 rings (SSSR count). The summed E-state index contributed by atoms with van der Waals surface area (Å²) >= 11 is 7.63. The first-order valence-corrected chi connectivity index (χ1v) is 7.54. The van der Waals surface area contributed by atoms with Crippen LogP contribution in [-0.2, 0) is 0 Å². The van der Waals surface area contributed by atoms with Gasteiger partial charge in [-0.05, 0) is 12.8 Å². The molecule has 2 aromatic rings. The number of hydrogen-bond acceptors (Lipinski definition) is 5. The molecule has 0 fully saturated rings. The number of fused-ring (bicyclic) bond motifs is 1. The molecule has 0 bridgehead atoms. The fraction of sp³-hybridized carbons (Fsp3) is 0.417. The molecule has 0 saturated heterocycles. The van der Waals surface area contributed by atoms with E-state index < -0.39 is 0 Å². The number of thiazole rings is 1. The zero-order valence-electron chi connectivity index (χ0n) is 10.3. The van der Waals surface area contributed by atoms with Crippen LogP contribution in [-0.4, -0.2) is 28.0 Å². The number of imidazole rings is 1. The van der Waals surface area contributed by atoms with E-state index in [-0.39, 0.29) is 0 Å². The summed E-state index contributed by atoms with van der Waals surface area (Å²) in [7, 11) is 0. The quantitative estimate of drug-likeness (QED) is 0.684. The Kier molecular flexibility index (Phi) is 3.79. The maximum absolute atomic E-state index is 6.08. The topological polar surface area (TPSA) is 54.0 Å². The number of hydrazone groups is 1. The largest absolute Gasteiger partial charge is 0.288 e. The van der Waals surface area contributed by atoms with Crippen LogP contribution in [0, 0.1) is 0 Å². The van der Waals surface area contributed by atoms with Crippen LogP contribution in [0.3, 0.4) is 0 Å². The number of nitrogens with one attached hydrogen (secondary N) is 1. The average Bonchev–Trinajstić information content (AvgIpc) is 2.83. The summed E-state index contributed by atoms with van der Waals surface area (Å²) in [5, 5.41) is 6.67. The van der Waals surface area contributed by atoms with E-state index >= 15 is 0 Å². The lowest BCUT2D eigenvalue weighted by Gasteiger charge is -2.01. The van der Waals surface area contributed by atoms with Crippen molar-refractivity contribution < 1.29 is 0 Å². The Bertz CT molecular complexity index is 627. The normalized spacial score (nSPS) is 16.8. The summed E-state index contributed by atoms with van der Waals surface area (Å²) in [6, 6.07) is 0. The summed E-state index contributed by atoms with van der Waals surface area (Å²) in [4.78, 5) is 9.58. The highest BCUT2D eigenvalue weighted by molar-refractivity contribution is 7.15. The first-order chi connectivity index (χ1) is 9.34. The fourth-order valence-electron chi connectivity index (χ4n) is 2.03. The van der Waals surface area contributed by atoms with Gasteiger partial charge >= 0.3 is 0 Å². The molecule has 1 aliphatic rings. The van der Waals surface area contributed by atoms with Gasteiger partial charge in [0.1, 0.15) is 11.5 Å². The predicted molar refractivity (Wildman–Crippen MR) is 79.6 cm³/mol.